The van der Waals surface area contributed by atoms with E-state index < -0.39 is 11.9 Å². The molecule has 0 spiro atoms. The monoisotopic (exact) mass is 372 g/mol. The van der Waals surface area contributed by atoms with Crippen molar-refractivity contribution in [2.45, 2.75) is 39.7 Å². The Labute approximate surface area is 139 Å². The van der Waals surface area contributed by atoms with Crippen LogP contribution in [0.15, 0.2) is 22.7 Å². The summed E-state index contributed by atoms with van der Waals surface area (Å²) in [5, 5.41) is 0. The molecule has 0 bridgehead atoms. The Morgan fingerprint density at radius 3 is 2.32 bits per heavy atom. The topological polar surface area (TPSA) is 61.8 Å². The van der Waals surface area contributed by atoms with Crippen LogP contribution in [0.1, 0.15) is 33.6 Å². The number of benzene rings is 1. The lowest BCUT2D eigenvalue weighted by Gasteiger charge is -2.16. The first kappa shape index (κ1) is 18.5. The van der Waals surface area contributed by atoms with Crippen LogP contribution in [0.4, 0.5) is 0 Å². The van der Waals surface area contributed by atoms with Gasteiger partial charge in [-0.15, -0.1) is 0 Å². The highest BCUT2D eigenvalue weighted by atomic mass is 79.9. The van der Waals surface area contributed by atoms with E-state index in [1.54, 1.807) is 18.2 Å². The predicted octanol–water partition coefficient (Wildman–Crippen LogP) is 3.73. The van der Waals surface area contributed by atoms with E-state index in [4.69, 9.17) is 14.2 Å². The molecule has 1 rings (SSSR count). The van der Waals surface area contributed by atoms with Crippen LogP contribution in [0.5, 0.6) is 11.5 Å². The summed E-state index contributed by atoms with van der Waals surface area (Å²) in [7, 11) is 1.49. The Hall–Kier alpha value is -1.56. The molecule has 0 aliphatic rings. The number of esters is 2. The molecule has 0 aliphatic heterocycles. The minimum atomic E-state index is -0.505. The van der Waals surface area contributed by atoms with Gasteiger partial charge >= 0.3 is 11.9 Å². The third-order valence-corrected chi connectivity index (χ3v) is 3.63. The van der Waals surface area contributed by atoms with Gasteiger partial charge in [-0.3, -0.25) is 9.59 Å². The van der Waals surface area contributed by atoms with Crippen molar-refractivity contribution >= 4 is 27.9 Å². The molecule has 0 amide bonds. The summed E-state index contributed by atoms with van der Waals surface area (Å²) >= 11 is 3.31. The smallest absolute Gasteiger partial charge is 0.311 e. The minimum Gasteiger partial charge on any atom is -0.493 e. The van der Waals surface area contributed by atoms with Gasteiger partial charge in [0.25, 0.3) is 0 Å². The fourth-order valence-electron chi connectivity index (χ4n) is 1.51. The van der Waals surface area contributed by atoms with Gasteiger partial charge in [-0.25, -0.2) is 0 Å². The van der Waals surface area contributed by atoms with Crippen LogP contribution in [0, 0.1) is 5.92 Å². The predicted molar refractivity (Wildman–Crippen MR) is 86.0 cm³/mol. The Balaban J connectivity index is 2.49. The Morgan fingerprint density at radius 1 is 1.09 bits per heavy atom. The van der Waals surface area contributed by atoms with Crippen molar-refractivity contribution in [3.8, 4) is 11.5 Å². The van der Waals surface area contributed by atoms with Crippen molar-refractivity contribution in [1.29, 1.82) is 0 Å². The Kier molecular flexibility index (Phi) is 7.38. The number of methoxy groups -OCH3 is 1. The molecule has 0 radical (unpaired) electrons. The largest absolute Gasteiger partial charge is 0.493 e. The van der Waals surface area contributed by atoms with Crippen molar-refractivity contribution in [1.82, 2.24) is 0 Å². The molecule has 0 aromatic heterocycles. The van der Waals surface area contributed by atoms with E-state index in [1.165, 1.54) is 7.11 Å². The summed E-state index contributed by atoms with van der Waals surface area (Å²) in [6, 6.07) is 5.06. The van der Waals surface area contributed by atoms with Crippen molar-refractivity contribution in [3.05, 3.63) is 22.7 Å². The van der Waals surface area contributed by atoms with E-state index in [2.05, 4.69) is 15.9 Å². The highest BCUT2D eigenvalue weighted by molar-refractivity contribution is 9.10. The molecule has 5 nitrogen and oxygen atoms in total. The zero-order valence-corrected chi connectivity index (χ0v) is 14.8. The molecule has 0 saturated carbocycles. The molecule has 0 fully saturated rings. The van der Waals surface area contributed by atoms with Crippen LogP contribution in [0.2, 0.25) is 0 Å². The van der Waals surface area contributed by atoms with Gasteiger partial charge in [0.05, 0.1) is 20.0 Å². The number of carbonyl (C=O) groups excluding carboxylic acids is 2. The second kappa shape index (κ2) is 8.78. The second-order valence-electron chi connectivity index (χ2n) is 5.21. The van der Waals surface area contributed by atoms with Gasteiger partial charge in [-0.2, -0.15) is 0 Å². The lowest BCUT2D eigenvalue weighted by atomic mass is 10.1. The number of rotatable bonds is 7. The van der Waals surface area contributed by atoms with E-state index in [9.17, 15) is 9.59 Å². The molecule has 1 aromatic carbocycles. The summed E-state index contributed by atoms with van der Waals surface area (Å²) in [5.74, 6) is 0.0944. The molecule has 0 aliphatic carbocycles. The van der Waals surface area contributed by atoms with Gasteiger partial charge < -0.3 is 14.2 Å². The summed E-state index contributed by atoms with van der Waals surface area (Å²) in [5.41, 5.74) is 0. The average Bonchev–Trinajstić information content (AvgIpc) is 2.46. The van der Waals surface area contributed by atoms with E-state index in [-0.39, 0.29) is 24.9 Å². The lowest BCUT2D eigenvalue weighted by Crippen LogP contribution is -2.21. The van der Waals surface area contributed by atoms with Crippen molar-refractivity contribution < 1.29 is 23.8 Å². The zero-order valence-electron chi connectivity index (χ0n) is 13.2. The van der Waals surface area contributed by atoms with E-state index in [1.807, 2.05) is 20.8 Å². The molecule has 1 aromatic rings. The normalized spacial score (nSPS) is 11.9. The maximum absolute atomic E-state index is 11.8. The van der Waals surface area contributed by atoms with Crippen LogP contribution >= 0.6 is 15.9 Å². The van der Waals surface area contributed by atoms with E-state index in [0.29, 0.717) is 11.5 Å². The van der Waals surface area contributed by atoms with Gasteiger partial charge in [0, 0.05) is 4.47 Å². The van der Waals surface area contributed by atoms with Crippen molar-refractivity contribution in [3.63, 3.8) is 0 Å². The van der Waals surface area contributed by atoms with Crippen LogP contribution < -0.4 is 9.47 Å². The van der Waals surface area contributed by atoms with E-state index in [0.717, 1.165) is 4.47 Å². The maximum Gasteiger partial charge on any atom is 0.311 e. The number of carbonyl (C=O) groups is 2. The van der Waals surface area contributed by atoms with Crippen LogP contribution in [0.3, 0.4) is 0 Å². The standard InChI is InChI=1S/C16H21BrO5/c1-10(2)11(3)21-15(18)7-8-16(19)22-13-6-5-12(17)9-14(13)20-4/h5-6,9-11H,7-8H2,1-4H3. The first-order valence-corrected chi connectivity index (χ1v) is 7.86. The molecule has 122 valence electrons. The van der Waals surface area contributed by atoms with Gasteiger partial charge in [0.15, 0.2) is 11.5 Å². The van der Waals surface area contributed by atoms with Crippen molar-refractivity contribution in [2.24, 2.45) is 5.92 Å². The fraction of sp³-hybridized carbons (Fsp3) is 0.500. The van der Waals surface area contributed by atoms with Crippen LogP contribution in [-0.2, 0) is 14.3 Å². The van der Waals surface area contributed by atoms with Gasteiger partial charge in [-0.1, -0.05) is 29.8 Å². The average molecular weight is 373 g/mol. The maximum atomic E-state index is 11.8. The molecular weight excluding hydrogens is 352 g/mol. The van der Waals surface area contributed by atoms with Gasteiger partial charge in [0.2, 0.25) is 0 Å². The molecule has 22 heavy (non-hydrogen) atoms. The molecule has 1 unspecified atom stereocenters. The second-order valence-corrected chi connectivity index (χ2v) is 6.12. The quantitative estimate of drug-likeness (QED) is 0.538. The number of halogens is 1. The highest BCUT2D eigenvalue weighted by Gasteiger charge is 2.16. The molecule has 0 N–H and O–H groups in total. The Bertz CT molecular complexity index is 527. The molecule has 1 atom stereocenters. The van der Waals surface area contributed by atoms with Gasteiger partial charge in [0.1, 0.15) is 6.10 Å². The lowest BCUT2D eigenvalue weighted by molar-refractivity contribution is -0.152. The number of ether oxygens (including phenoxy) is 3. The first-order valence-electron chi connectivity index (χ1n) is 7.07. The fourth-order valence-corrected chi connectivity index (χ4v) is 1.85. The van der Waals surface area contributed by atoms with E-state index >= 15 is 0 Å². The minimum absolute atomic E-state index is 0.00522. The molecular formula is C16H21BrO5. The van der Waals surface area contributed by atoms with Gasteiger partial charge in [-0.05, 0) is 31.0 Å². The summed E-state index contributed by atoms with van der Waals surface area (Å²) in [6.07, 6.45) is -0.215. The third kappa shape index (κ3) is 6.05. The third-order valence-electron chi connectivity index (χ3n) is 3.14. The van der Waals surface area contributed by atoms with Crippen LogP contribution in [-0.4, -0.2) is 25.2 Å². The molecule has 6 heteroatoms. The SMILES string of the molecule is COc1cc(Br)ccc1OC(=O)CCC(=O)OC(C)C(C)C. The summed E-state index contributed by atoms with van der Waals surface area (Å²) in [4.78, 5) is 23.4. The number of hydrogen-bond donors (Lipinski definition) is 0. The van der Waals surface area contributed by atoms with Crippen molar-refractivity contribution in [2.75, 3.05) is 7.11 Å². The summed E-state index contributed by atoms with van der Waals surface area (Å²) < 4.78 is 16.3. The summed E-state index contributed by atoms with van der Waals surface area (Å²) in [6.45, 7) is 5.76. The Morgan fingerprint density at radius 2 is 1.73 bits per heavy atom. The molecule has 0 heterocycles. The zero-order chi connectivity index (χ0) is 16.7. The highest BCUT2D eigenvalue weighted by Crippen LogP contribution is 2.30. The number of hydrogen-bond acceptors (Lipinski definition) is 5. The first-order chi connectivity index (χ1) is 10.3. The van der Waals surface area contributed by atoms with Crippen LogP contribution in [0.25, 0.3) is 0 Å². The molecule has 0 saturated heterocycles.